The predicted molar refractivity (Wildman–Crippen MR) is 115 cm³/mol. The minimum absolute atomic E-state index is 0.101. The smallest absolute Gasteiger partial charge is 0.254 e. The van der Waals surface area contributed by atoms with E-state index in [0.29, 0.717) is 46.0 Å². The number of hydrogen-bond acceptors (Lipinski definition) is 4. The van der Waals surface area contributed by atoms with Crippen LogP contribution in [-0.2, 0) is 0 Å². The summed E-state index contributed by atoms with van der Waals surface area (Å²) in [4.78, 5) is 19.5. The number of carbonyl (C=O) groups is 1. The van der Waals surface area contributed by atoms with Crippen LogP contribution < -0.4 is 4.74 Å². The third-order valence-corrected chi connectivity index (χ3v) is 5.77. The predicted octanol–water partition coefficient (Wildman–Crippen LogP) is 5.76. The zero-order valence-corrected chi connectivity index (χ0v) is 17.3. The molecule has 1 amide bonds. The lowest BCUT2D eigenvalue weighted by atomic mass is 10.1. The summed E-state index contributed by atoms with van der Waals surface area (Å²) < 4.78 is 38.1. The highest BCUT2D eigenvalue weighted by atomic mass is 19.2. The Bertz CT molecular complexity index is 1320. The van der Waals surface area contributed by atoms with E-state index in [2.05, 4.69) is 4.98 Å². The SMILES string of the molecule is COc1cccc(C(=O)N2CCCC2c2nc3cc(-c4ccc(F)c(F)c4)ccc3o2)c1. The molecule has 2 heterocycles. The van der Waals surface area contributed by atoms with Crippen LogP contribution in [0.1, 0.15) is 35.1 Å². The maximum absolute atomic E-state index is 13.6. The molecule has 1 aliphatic rings. The Morgan fingerprint density at radius 3 is 2.69 bits per heavy atom. The summed E-state index contributed by atoms with van der Waals surface area (Å²) in [6, 6.07) is 15.9. The van der Waals surface area contributed by atoms with Gasteiger partial charge in [0.05, 0.1) is 7.11 Å². The van der Waals surface area contributed by atoms with Crippen molar-refractivity contribution in [3.8, 4) is 16.9 Å². The van der Waals surface area contributed by atoms with Crippen molar-refractivity contribution < 1.29 is 22.7 Å². The van der Waals surface area contributed by atoms with Gasteiger partial charge in [-0.2, -0.15) is 0 Å². The summed E-state index contributed by atoms with van der Waals surface area (Å²) in [6.07, 6.45) is 1.60. The first kappa shape index (κ1) is 20.2. The number of nitrogens with zero attached hydrogens (tertiary/aromatic N) is 2. The lowest BCUT2D eigenvalue weighted by molar-refractivity contribution is 0.0716. The molecule has 1 aromatic heterocycles. The van der Waals surface area contributed by atoms with Crippen LogP contribution in [0.5, 0.6) is 5.75 Å². The molecule has 5 nitrogen and oxygen atoms in total. The molecule has 3 aromatic carbocycles. The highest BCUT2D eigenvalue weighted by molar-refractivity contribution is 5.95. The Morgan fingerprint density at radius 2 is 1.88 bits per heavy atom. The van der Waals surface area contributed by atoms with Gasteiger partial charge < -0.3 is 14.1 Å². The molecular formula is C25H20F2N2O3. The number of amides is 1. The van der Waals surface area contributed by atoms with Crippen molar-refractivity contribution in [1.82, 2.24) is 9.88 Å². The summed E-state index contributed by atoms with van der Waals surface area (Å²) >= 11 is 0. The third kappa shape index (κ3) is 3.60. The van der Waals surface area contributed by atoms with E-state index in [9.17, 15) is 13.6 Å². The molecule has 1 atom stereocenters. The fraction of sp³-hybridized carbons (Fsp3) is 0.200. The van der Waals surface area contributed by atoms with Crippen LogP contribution in [0, 0.1) is 11.6 Å². The summed E-state index contributed by atoms with van der Waals surface area (Å²) in [5, 5.41) is 0. The topological polar surface area (TPSA) is 55.6 Å². The number of methoxy groups -OCH3 is 1. The lowest BCUT2D eigenvalue weighted by Gasteiger charge is -2.22. The molecular weight excluding hydrogens is 414 g/mol. The average molecular weight is 434 g/mol. The van der Waals surface area contributed by atoms with E-state index in [4.69, 9.17) is 9.15 Å². The second-order valence-electron chi connectivity index (χ2n) is 7.75. The van der Waals surface area contributed by atoms with E-state index in [1.165, 1.54) is 6.07 Å². The van der Waals surface area contributed by atoms with Gasteiger partial charge in [-0.3, -0.25) is 4.79 Å². The molecule has 1 saturated heterocycles. The number of aromatic nitrogens is 1. The molecule has 4 aromatic rings. The van der Waals surface area contributed by atoms with Crippen LogP contribution in [0.25, 0.3) is 22.2 Å². The van der Waals surface area contributed by atoms with Gasteiger partial charge in [0.15, 0.2) is 17.2 Å². The number of benzene rings is 3. The largest absolute Gasteiger partial charge is 0.497 e. The van der Waals surface area contributed by atoms with Crippen molar-refractivity contribution in [3.63, 3.8) is 0 Å². The first-order valence-electron chi connectivity index (χ1n) is 10.3. The highest BCUT2D eigenvalue weighted by Gasteiger charge is 2.34. The Hall–Kier alpha value is -3.74. The zero-order chi connectivity index (χ0) is 22.2. The number of oxazole rings is 1. The number of rotatable bonds is 4. The summed E-state index contributed by atoms with van der Waals surface area (Å²) in [5.74, 6) is -0.799. The summed E-state index contributed by atoms with van der Waals surface area (Å²) in [6.45, 7) is 0.611. The van der Waals surface area contributed by atoms with Crippen LogP contribution in [0.4, 0.5) is 8.78 Å². The first-order valence-corrected chi connectivity index (χ1v) is 10.3. The van der Waals surface area contributed by atoms with Crippen molar-refractivity contribution >= 4 is 17.0 Å². The minimum Gasteiger partial charge on any atom is -0.497 e. The molecule has 0 radical (unpaired) electrons. The van der Waals surface area contributed by atoms with Gasteiger partial charge in [0, 0.05) is 12.1 Å². The van der Waals surface area contributed by atoms with Crippen LogP contribution in [0.3, 0.4) is 0 Å². The Morgan fingerprint density at radius 1 is 1.06 bits per heavy atom. The molecule has 1 unspecified atom stereocenters. The fourth-order valence-corrected chi connectivity index (χ4v) is 4.13. The Kier molecular flexibility index (Phi) is 5.09. The quantitative estimate of drug-likeness (QED) is 0.410. The van der Waals surface area contributed by atoms with Gasteiger partial charge in [-0.1, -0.05) is 18.2 Å². The third-order valence-electron chi connectivity index (χ3n) is 5.77. The molecule has 0 bridgehead atoms. The molecule has 5 rings (SSSR count). The fourth-order valence-electron chi connectivity index (χ4n) is 4.13. The van der Waals surface area contributed by atoms with Gasteiger partial charge in [-0.25, -0.2) is 13.8 Å². The molecule has 0 spiro atoms. The second-order valence-corrected chi connectivity index (χ2v) is 7.75. The summed E-state index contributed by atoms with van der Waals surface area (Å²) in [7, 11) is 1.56. The Labute approximate surface area is 183 Å². The molecule has 162 valence electrons. The maximum Gasteiger partial charge on any atom is 0.254 e. The van der Waals surface area contributed by atoms with E-state index in [-0.39, 0.29) is 11.9 Å². The molecule has 0 N–H and O–H groups in total. The number of carbonyl (C=O) groups excluding carboxylic acids is 1. The van der Waals surface area contributed by atoms with Gasteiger partial charge in [0.25, 0.3) is 5.91 Å². The normalized spacial score (nSPS) is 16.0. The number of ether oxygens (including phenoxy) is 1. The second kappa shape index (κ2) is 8.07. The number of hydrogen-bond donors (Lipinski definition) is 0. The van der Waals surface area contributed by atoms with Crippen LogP contribution in [-0.4, -0.2) is 29.4 Å². The van der Waals surface area contributed by atoms with Gasteiger partial charge in [0.2, 0.25) is 5.89 Å². The van der Waals surface area contributed by atoms with E-state index in [1.807, 2.05) is 0 Å². The molecule has 7 heteroatoms. The number of halogens is 2. The number of likely N-dealkylation sites (tertiary alicyclic amines) is 1. The Balaban J connectivity index is 1.45. The minimum atomic E-state index is -0.902. The van der Waals surface area contributed by atoms with Gasteiger partial charge in [-0.05, 0) is 66.4 Å². The average Bonchev–Trinajstić information content (AvgIpc) is 3.46. The highest BCUT2D eigenvalue weighted by Crippen LogP contribution is 2.35. The standard InChI is InChI=1S/C25H20F2N2O3/c1-31-18-5-2-4-17(12-18)25(30)29-11-3-6-22(29)24-28-21-14-16(8-10-23(21)32-24)15-7-9-19(26)20(27)13-15/h2,4-5,7-10,12-14,22H,3,6,11H2,1H3. The number of fused-ring (bicyclic) bond motifs is 1. The molecule has 1 fully saturated rings. The molecule has 32 heavy (non-hydrogen) atoms. The van der Waals surface area contributed by atoms with Crippen LogP contribution >= 0.6 is 0 Å². The van der Waals surface area contributed by atoms with E-state index >= 15 is 0 Å². The van der Waals surface area contributed by atoms with Crippen molar-refractivity contribution in [3.05, 3.63) is 83.8 Å². The molecule has 0 saturated carbocycles. The molecule has 0 aliphatic carbocycles. The van der Waals surface area contributed by atoms with E-state index in [0.717, 1.165) is 25.0 Å². The van der Waals surface area contributed by atoms with Gasteiger partial charge in [0.1, 0.15) is 17.3 Å². The van der Waals surface area contributed by atoms with Crippen molar-refractivity contribution in [2.75, 3.05) is 13.7 Å². The van der Waals surface area contributed by atoms with Crippen LogP contribution in [0.2, 0.25) is 0 Å². The lowest BCUT2D eigenvalue weighted by Crippen LogP contribution is -2.30. The summed E-state index contributed by atoms with van der Waals surface area (Å²) in [5.41, 5.74) is 2.97. The monoisotopic (exact) mass is 434 g/mol. The van der Waals surface area contributed by atoms with Gasteiger partial charge in [-0.15, -0.1) is 0 Å². The molecule has 1 aliphatic heterocycles. The zero-order valence-electron chi connectivity index (χ0n) is 17.3. The van der Waals surface area contributed by atoms with Crippen molar-refractivity contribution in [2.45, 2.75) is 18.9 Å². The van der Waals surface area contributed by atoms with Crippen LogP contribution in [0.15, 0.2) is 65.1 Å². The van der Waals surface area contributed by atoms with Crippen molar-refractivity contribution in [1.29, 1.82) is 0 Å². The maximum atomic E-state index is 13.6. The van der Waals surface area contributed by atoms with E-state index in [1.54, 1.807) is 54.5 Å². The van der Waals surface area contributed by atoms with Gasteiger partial charge >= 0.3 is 0 Å². The van der Waals surface area contributed by atoms with Crippen molar-refractivity contribution in [2.24, 2.45) is 0 Å². The first-order chi connectivity index (χ1) is 15.5. The van der Waals surface area contributed by atoms with E-state index < -0.39 is 11.6 Å².